The van der Waals surface area contributed by atoms with Crippen molar-refractivity contribution in [3.05, 3.63) is 36.0 Å². The Bertz CT molecular complexity index is 570. The molecule has 1 fully saturated rings. The molecule has 2 aromatic rings. The highest BCUT2D eigenvalue weighted by molar-refractivity contribution is 5.84. The summed E-state index contributed by atoms with van der Waals surface area (Å²) in [6.07, 6.45) is 8.27. The van der Waals surface area contributed by atoms with Crippen LogP contribution in [0.2, 0.25) is 0 Å². The molecule has 0 bridgehead atoms. The van der Waals surface area contributed by atoms with Crippen molar-refractivity contribution in [2.24, 2.45) is 0 Å². The van der Waals surface area contributed by atoms with Crippen LogP contribution in [0.25, 0.3) is 10.9 Å². The van der Waals surface area contributed by atoms with Crippen LogP contribution in [-0.4, -0.2) is 15.3 Å². The van der Waals surface area contributed by atoms with E-state index in [4.69, 9.17) is 0 Å². The molecule has 0 aliphatic heterocycles. The van der Waals surface area contributed by atoms with Gasteiger partial charge in [-0.2, -0.15) is 0 Å². The van der Waals surface area contributed by atoms with Crippen LogP contribution in [0.3, 0.4) is 0 Å². The monoisotopic (exact) mass is 257 g/mol. The molecule has 2 heteroatoms. The van der Waals surface area contributed by atoms with Gasteiger partial charge in [-0.25, -0.2) is 0 Å². The van der Waals surface area contributed by atoms with Crippen LogP contribution in [0.1, 0.15) is 51.1 Å². The smallest absolute Gasteiger partial charge is 0.0632 e. The molecule has 102 valence electrons. The van der Waals surface area contributed by atoms with Gasteiger partial charge in [-0.1, -0.05) is 31.0 Å². The quantitative estimate of drug-likeness (QED) is 0.881. The number of para-hydroxylation sites is 1. The van der Waals surface area contributed by atoms with E-state index in [-0.39, 0.29) is 0 Å². The molecule has 1 aromatic carbocycles. The van der Waals surface area contributed by atoms with Gasteiger partial charge in [0.1, 0.15) is 0 Å². The summed E-state index contributed by atoms with van der Waals surface area (Å²) in [7, 11) is 0. The summed E-state index contributed by atoms with van der Waals surface area (Å²) in [6, 6.07) is 9.25. The maximum atomic E-state index is 10.1. The Hall–Kier alpha value is -1.28. The average molecular weight is 257 g/mol. The second-order valence-electron chi connectivity index (χ2n) is 6.51. The Morgan fingerprint density at radius 2 is 1.89 bits per heavy atom. The van der Waals surface area contributed by atoms with Gasteiger partial charge in [0.15, 0.2) is 0 Å². The summed E-state index contributed by atoms with van der Waals surface area (Å²) in [5.74, 6) is 0. The molecule has 0 saturated heterocycles. The van der Waals surface area contributed by atoms with E-state index in [0.29, 0.717) is 12.5 Å². The largest absolute Gasteiger partial charge is 0.390 e. The molecule has 19 heavy (non-hydrogen) atoms. The highest BCUT2D eigenvalue weighted by Crippen LogP contribution is 2.35. The highest BCUT2D eigenvalue weighted by Gasteiger charge is 2.22. The van der Waals surface area contributed by atoms with Gasteiger partial charge in [-0.15, -0.1) is 0 Å². The number of benzene rings is 1. The molecule has 2 nitrogen and oxygen atoms in total. The lowest BCUT2D eigenvalue weighted by Gasteiger charge is -2.16. The van der Waals surface area contributed by atoms with Crippen LogP contribution in [-0.2, 0) is 6.42 Å². The minimum absolute atomic E-state index is 0.648. The molecule has 3 rings (SSSR count). The molecule has 1 aromatic heterocycles. The highest BCUT2D eigenvalue weighted by atomic mass is 16.3. The number of fused-ring (bicyclic) bond motifs is 1. The molecule has 1 aliphatic rings. The van der Waals surface area contributed by atoms with Crippen molar-refractivity contribution >= 4 is 10.9 Å². The van der Waals surface area contributed by atoms with E-state index >= 15 is 0 Å². The molecule has 1 heterocycles. The van der Waals surface area contributed by atoms with E-state index in [2.05, 4.69) is 35.0 Å². The normalized spacial score (nSPS) is 17.4. The second-order valence-corrected chi connectivity index (χ2v) is 6.51. The predicted octanol–water partition coefficient (Wildman–Crippen LogP) is 4.07. The maximum absolute atomic E-state index is 10.1. The standard InChI is InChI=1S/C17H23NO/c1-17(2,19)11-13-12-18(14-7-3-4-8-14)16-10-6-5-9-15(13)16/h5-6,9-10,12,14,19H,3-4,7-8,11H2,1-2H3. The van der Waals surface area contributed by atoms with E-state index in [1.54, 1.807) is 0 Å². The Morgan fingerprint density at radius 3 is 2.58 bits per heavy atom. The average Bonchev–Trinajstić information content (AvgIpc) is 2.95. The van der Waals surface area contributed by atoms with Gasteiger partial charge >= 0.3 is 0 Å². The van der Waals surface area contributed by atoms with Crippen LogP contribution >= 0.6 is 0 Å². The first-order chi connectivity index (χ1) is 9.04. The lowest BCUT2D eigenvalue weighted by atomic mass is 9.98. The first kappa shape index (κ1) is 12.7. The van der Waals surface area contributed by atoms with Crippen molar-refractivity contribution in [2.75, 3.05) is 0 Å². The van der Waals surface area contributed by atoms with Gasteiger partial charge < -0.3 is 9.67 Å². The molecule has 0 radical (unpaired) electrons. The Balaban J connectivity index is 2.07. The zero-order valence-electron chi connectivity index (χ0n) is 11.9. The third kappa shape index (κ3) is 2.55. The predicted molar refractivity (Wildman–Crippen MR) is 79.4 cm³/mol. The summed E-state index contributed by atoms with van der Waals surface area (Å²) in [4.78, 5) is 0. The molecular formula is C17H23NO. The Kier molecular flexibility index (Phi) is 3.14. The van der Waals surface area contributed by atoms with Gasteiger partial charge in [0.2, 0.25) is 0 Å². The van der Waals surface area contributed by atoms with Gasteiger partial charge in [0.05, 0.1) is 5.60 Å². The van der Waals surface area contributed by atoms with Crippen LogP contribution in [0.4, 0.5) is 0 Å². The van der Waals surface area contributed by atoms with Crippen molar-refractivity contribution in [3.63, 3.8) is 0 Å². The number of hydrogen-bond donors (Lipinski definition) is 1. The van der Waals surface area contributed by atoms with Crippen molar-refractivity contribution in [2.45, 2.75) is 57.6 Å². The summed E-state index contributed by atoms with van der Waals surface area (Å²) in [5, 5.41) is 11.4. The maximum Gasteiger partial charge on any atom is 0.0632 e. The molecule has 1 aliphatic carbocycles. The fourth-order valence-electron chi connectivity index (χ4n) is 3.37. The number of hydrogen-bond acceptors (Lipinski definition) is 1. The van der Waals surface area contributed by atoms with Gasteiger partial charge in [-0.3, -0.25) is 0 Å². The summed E-state index contributed by atoms with van der Waals surface area (Å²) >= 11 is 0. The summed E-state index contributed by atoms with van der Waals surface area (Å²) in [6.45, 7) is 3.77. The molecule has 0 amide bonds. The third-order valence-corrected chi connectivity index (χ3v) is 4.16. The fraction of sp³-hybridized carbons (Fsp3) is 0.529. The Labute approximate surface area is 115 Å². The van der Waals surface area contributed by atoms with E-state index in [9.17, 15) is 5.11 Å². The minimum Gasteiger partial charge on any atom is -0.390 e. The van der Waals surface area contributed by atoms with Crippen molar-refractivity contribution in [3.8, 4) is 0 Å². The van der Waals surface area contributed by atoms with Crippen LogP contribution in [0.15, 0.2) is 30.5 Å². The van der Waals surface area contributed by atoms with Gasteiger partial charge in [-0.05, 0) is 38.3 Å². The van der Waals surface area contributed by atoms with Crippen molar-refractivity contribution in [1.82, 2.24) is 4.57 Å². The SMILES string of the molecule is CC(C)(O)Cc1cn(C2CCCC2)c2ccccc12. The zero-order chi connectivity index (χ0) is 13.5. The Morgan fingerprint density at radius 1 is 1.21 bits per heavy atom. The number of rotatable bonds is 3. The second kappa shape index (κ2) is 4.68. The van der Waals surface area contributed by atoms with Crippen molar-refractivity contribution in [1.29, 1.82) is 0 Å². The van der Waals surface area contributed by atoms with Crippen LogP contribution < -0.4 is 0 Å². The number of aliphatic hydroxyl groups is 1. The van der Waals surface area contributed by atoms with Crippen LogP contribution in [0, 0.1) is 0 Å². The number of nitrogens with zero attached hydrogens (tertiary/aromatic N) is 1. The molecule has 1 saturated carbocycles. The fourth-order valence-corrected chi connectivity index (χ4v) is 3.37. The first-order valence-corrected chi connectivity index (χ1v) is 7.35. The van der Waals surface area contributed by atoms with E-state index in [1.165, 1.54) is 42.1 Å². The molecule has 0 unspecified atom stereocenters. The summed E-state index contributed by atoms with van der Waals surface area (Å²) in [5.41, 5.74) is 1.95. The van der Waals surface area contributed by atoms with E-state index < -0.39 is 5.60 Å². The topological polar surface area (TPSA) is 25.2 Å². The summed E-state index contributed by atoms with van der Waals surface area (Å²) < 4.78 is 2.45. The molecule has 1 N–H and O–H groups in total. The van der Waals surface area contributed by atoms with Gasteiger partial charge in [0, 0.05) is 29.6 Å². The molecular weight excluding hydrogens is 234 g/mol. The zero-order valence-corrected chi connectivity index (χ0v) is 11.9. The van der Waals surface area contributed by atoms with Crippen molar-refractivity contribution < 1.29 is 5.11 Å². The third-order valence-electron chi connectivity index (χ3n) is 4.16. The molecule has 0 atom stereocenters. The molecule has 0 spiro atoms. The number of aromatic nitrogens is 1. The van der Waals surface area contributed by atoms with E-state index in [0.717, 1.165) is 0 Å². The van der Waals surface area contributed by atoms with Crippen LogP contribution in [0.5, 0.6) is 0 Å². The first-order valence-electron chi connectivity index (χ1n) is 7.35. The lowest BCUT2D eigenvalue weighted by Crippen LogP contribution is -2.21. The lowest BCUT2D eigenvalue weighted by molar-refractivity contribution is 0.0813. The van der Waals surface area contributed by atoms with E-state index in [1.807, 2.05) is 13.8 Å². The minimum atomic E-state index is -0.648. The van der Waals surface area contributed by atoms with Gasteiger partial charge in [0.25, 0.3) is 0 Å².